The lowest BCUT2D eigenvalue weighted by molar-refractivity contribution is 1.20. The number of rotatable bonds is 3. The highest BCUT2D eigenvalue weighted by atomic mass is 16.5. The number of anilines is 1. The van der Waals surface area contributed by atoms with E-state index in [0.29, 0.717) is 22.0 Å². The SMILES string of the molecule is C=Nc1cc(C)c(N=O)cc1N(C)[O-]. The second-order valence-electron chi connectivity index (χ2n) is 2.87. The Labute approximate surface area is 81.6 Å². The molecule has 0 aromatic heterocycles. The molecule has 0 spiro atoms. The summed E-state index contributed by atoms with van der Waals surface area (Å²) in [6.45, 7) is 5.07. The molecule has 1 aromatic carbocycles. The van der Waals surface area contributed by atoms with Crippen LogP contribution in [0.1, 0.15) is 5.56 Å². The molecule has 0 saturated carbocycles. The minimum absolute atomic E-state index is 0.245. The average Bonchev–Trinajstić information content (AvgIpc) is 2.16. The van der Waals surface area contributed by atoms with Crippen molar-refractivity contribution in [2.75, 3.05) is 12.1 Å². The van der Waals surface area contributed by atoms with Crippen LogP contribution in [-0.4, -0.2) is 13.8 Å². The van der Waals surface area contributed by atoms with Crippen molar-refractivity contribution in [1.82, 2.24) is 0 Å². The van der Waals surface area contributed by atoms with Crippen LogP contribution in [0.2, 0.25) is 0 Å². The van der Waals surface area contributed by atoms with E-state index >= 15 is 0 Å². The zero-order valence-corrected chi connectivity index (χ0v) is 8.02. The van der Waals surface area contributed by atoms with Gasteiger partial charge in [0.05, 0.1) is 11.4 Å². The maximum atomic E-state index is 11.1. The lowest BCUT2D eigenvalue weighted by Gasteiger charge is -2.26. The molecule has 0 unspecified atom stereocenters. The lowest BCUT2D eigenvalue weighted by Crippen LogP contribution is -2.06. The van der Waals surface area contributed by atoms with Crippen LogP contribution in [0.25, 0.3) is 0 Å². The third-order valence-corrected chi connectivity index (χ3v) is 1.90. The predicted molar refractivity (Wildman–Crippen MR) is 57.6 cm³/mol. The van der Waals surface area contributed by atoms with E-state index in [-0.39, 0.29) is 5.69 Å². The summed E-state index contributed by atoms with van der Waals surface area (Å²) < 4.78 is 0. The van der Waals surface area contributed by atoms with Gasteiger partial charge in [-0.05, 0) is 43.6 Å². The smallest absolute Gasteiger partial charge is 0.113 e. The van der Waals surface area contributed by atoms with Gasteiger partial charge in [-0.1, -0.05) is 0 Å². The van der Waals surface area contributed by atoms with Gasteiger partial charge in [0.25, 0.3) is 0 Å². The number of nitroso groups, excluding NO2 is 1. The van der Waals surface area contributed by atoms with Gasteiger partial charge >= 0.3 is 0 Å². The molecule has 0 aliphatic heterocycles. The number of hydroxylamine groups is 1. The third kappa shape index (κ3) is 1.77. The Morgan fingerprint density at radius 1 is 1.43 bits per heavy atom. The number of nitrogens with zero attached hydrogens (tertiary/aromatic N) is 3. The lowest BCUT2D eigenvalue weighted by atomic mass is 10.1. The van der Waals surface area contributed by atoms with E-state index in [0.717, 1.165) is 0 Å². The summed E-state index contributed by atoms with van der Waals surface area (Å²) in [4.78, 5) is 14.1. The summed E-state index contributed by atoms with van der Waals surface area (Å²) in [7, 11) is 1.33. The quantitative estimate of drug-likeness (QED) is 0.420. The molecule has 14 heavy (non-hydrogen) atoms. The van der Waals surface area contributed by atoms with E-state index in [2.05, 4.69) is 16.9 Å². The van der Waals surface area contributed by atoms with Crippen LogP contribution < -0.4 is 5.06 Å². The maximum Gasteiger partial charge on any atom is 0.113 e. The second kappa shape index (κ2) is 3.97. The molecule has 74 valence electrons. The van der Waals surface area contributed by atoms with Gasteiger partial charge in [0.2, 0.25) is 0 Å². The maximum absolute atomic E-state index is 11.1. The molecule has 0 N–H and O–H groups in total. The van der Waals surface area contributed by atoms with E-state index in [9.17, 15) is 10.1 Å². The molecular weight excluding hydrogens is 182 g/mol. The predicted octanol–water partition coefficient (Wildman–Crippen LogP) is 2.66. The Hall–Kier alpha value is -1.75. The summed E-state index contributed by atoms with van der Waals surface area (Å²) >= 11 is 0. The van der Waals surface area contributed by atoms with Gasteiger partial charge in [-0.15, -0.1) is 4.91 Å². The fourth-order valence-electron chi connectivity index (χ4n) is 1.15. The summed E-state index contributed by atoms with van der Waals surface area (Å²) in [6.07, 6.45) is 0. The summed E-state index contributed by atoms with van der Waals surface area (Å²) in [5.41, 5.74) is 1.66. The van der Waals surface area contributed by atoms with Crippen LogP contribution in [-0.2, 0) is 0 Å². The Morgan fingerprint density at radius 3 is 2.50 bits per heavy atom. The molecule has 0 heterocycles. The van der Waals surface area contributed by atoms with Gasteiger partial charge in [-0.3, -0.25) is 4.99 Å². The van der Waals surface area contributed by atoms with Gasteiger partial charge in [0.1, 0.15) is 5.69 Å². The van der Waals surface area contributed by atoms with Crippen molar-refractivity contribution in [3.63, 3.8) is 0 Å². The standard InChI is InChI=1S/C9H10N3O2/c1-6-4-8(10-2)9(12(3)14)5-7(6)11-13/h4-5H,2H2,1,3H3/q-1. The molecule has 0 amide bonds. The number of hydrogen-bond acceptors (Lipinski definition) is 5. The highest BCUT2D eigenvalue weighted by Gasteiger charge is 2.06. The monoisotopic (exact) mass is 192 g/mol. The Balaban J connectivity index is 3.39. The second-order valence-corrected chi connectivity index (χ2v) is 2.87. The molecule has 1 aromatic rings. The molecule has 0 atom stereocenters. The highest BCUT2D eigenvalue weighted by molar-refractivity contribution is 5.75. The van der Waals surface area contributed by atoms with Crippen molar-refractivity contribution in [1.29, 1.82) is 0 Å². The zero-order chi connectivity index (χ0) is 10.7. The van der Waals surface area contributed by atoms with Gasteiger partial charge in [0.15, 0.2) is 0 Å². The van der Waals surface area contributed by atoms with E-state index in [4.69, 9.17) is 0 Å². The molecule has 0 fully saturated rings. The first-order valence-corrected chi connectivity index (χ1v) is 3.95. The number of aryl methyl sites for hydroxylation is 1. The van der Waals surface area contributed by atoms with Crippen molar-refractivity contribution in [3.05, 3.63) is 27.8 Å². The van der Waals surface area contributed by atoms with Crippen LogP contribution >= 0.6 is 0 Å². The van der Waals surface area contributed by atoms with Crippen molar-refractivity contribution in [2.24, 2.45) is 10.2 Å². The topological polar surface area (TPSA) is 68.1 Å². The fraction of sp³-hybridized carbons (Fsp3) is 0.222. The fourth-order valence-corrected chi connectivity index (χ4v) is 1.15. The molecule has 5 heteroatoms. The van der Waals surface area contributed by atoms with Gasteiger partial charge in [0, 0.05) is 0 Å². The minimum atomic E-state index is 0.245. The van der Waals surface area contributed by atoms with Crippen LogP contribution in [0, 0.1) is 17.0 Å². The first-order chi connectivity index (χ1) is 6.60. The van der Waals surface area contributed by atoms with E-state index in [1.54, 1.807) is 13.0 Å². The van der Waals surface area contributed by atoms with Crippen molar-refractivity contribution >= 4 is 23.8 Å². The van der Waals surface area contributed by atoms with Crippen molar-refractivity contribution in [3.8, 4) is 0 Å². The van der Waals surface area contributed by atoms with Gasteiger partial charge in [-0.2, -0.15) is 0 Å². The van der Waals surface area contributed by atoms with Gasteiger partial charge < -0.3 is 10.3 Å². The molecule has 0 radical (unpaired) electrons. The molecule has 0 bridgehead atoms. The van der Waals surface area contributed by atoms with Crippen LogP contribution in [0.4, 0.5) is 17.1 Å². The molecule has 0 aliphatic carbocycles. The van der Waals surface area contributed by atoms with Crippen molar-refractivity contribution < 1.29 is 0 Å². The first kappa shape index (κ1) is 10.3. The normalized spacial score (nSPS) is 9.64. The largest absolute Gasteiger partial charge is 0.758 e. The highest BCUT2D eigenvalue weighted by Crippen LogP contribution is 2.34. The van der Waals surface area contributed by atoms with Gasteiger partial charge in [-0.25, -0.2) is 0 Å². The van der Waals surface area contributed by atoms with E-state index < -0.39 is 0 Å². The average molecular weight is 192 g/mol. The van der Waals surface area contributed by atoms with Crippen LogP contribution in [0.5, 0.6) is 0 Å². The van der Waals surface area contributed by atoms with E-state index in [1.807, 2.05) is 0 Å². The van der Waals surface area contributed by atoms with Crippen LogP contribution in [0.3, 0.4) is 0 Å². The first-order valence-electron chi connectivity index (χ1n) is 3.95. The minimum Gasteiger partial charge on any atom is -0.758 e. The molecule has 0 saturated heterocycles. The molecule has 1 rings (SSSR count). The Bertz CT molecular complexity index is 375. The zero-order valence-electron chi connectivity index (χ0n) is 8.02. The third-order valence-electron chi connectivity index (χ3n) is 1.90. The molecule has 5 nitrogen and oxygen atoms in total. The summed E-state index contributed by atoms with van der Waals surface area (Å²) in [6, 6.07) is 3.01. The Morgan fingerprint density at radius 2 is 2.07 bits per heavy atom. The summed E-state index contributed by atoms with van der Waals surface area (Å²) in [5.74, 6) is 0. The summed E-state index contributed by atoms with van der Waals surface area (Å²) in [5, 5.41) is 14.5. The van der Waals surface area contributed by atoms with E-state index in [1.165, 1.54) is 13.1 Å². The molecular formula is C9H10N3O2-. The number of benzene rings is 1. The molecule has 0 aliphatic rings. The number of hydrogen-bond donors (Lipinski definition) is 0. The van der Waals surface area contributed by atoms with Crippen LogP contribution in [0.15, 0.2) is 22.3 Å². The van der Waals surface area contributed by atoms with Crippen molar-refractivity contribution in [2.45, 2.75) is 6.92 Å². The Kier molecular flexibility index (Phi) is 2.93. The number of aliphatic imine (C=N–C) groups is 1.